The largest absolute Gasteiger partial charge is 0.494 e. The van der Waals surface area contributed by atoms with E-state index < -0.39 is 0 Å². The van der Waals surface area contributed by atoms with Gasteiger partial charge in [0.15, 0.2) is 0 Å². The van der Waals surface area contributed by atoms with Crippen LogP contribution in [0.3, 0.4) is 0 Å². The zero-order valence-electron chi connectivity index (χ0n) is 14.8. The molecule has 0 aliphatic carbocycles. The molecule has 0 amide bonds. The molecule has 4 rings (SSSR count). The number of halogens is 1. The number of hydrogen-bond acceptors (Lipinski definition) is 4. The van der Waals surface area contributed by atoms with Crippen molar-refractivity contribution in [2.75, 3.05) is 6.61 Å². The molecule has 0 bridgehead atoms. The van der Waals surface area contributed by atoms with Gasteiger partial charge >= 0.3 is 0 Å². The van der Waals surface area contributed by atoms with Crippen LogP contribution in [0.25, 0.3) is 16.8 Å². The Balaban J connectivity index is 1.58. The van der Waals surface area contributed by atoms with E-state index >= 15 is 0 Å². The minimum atomic E-state index is -0.222. The SMILES string of the molecule is CCOc1ccc(-c2cc3c(SCc4ccc(F)cc4)nccn3n2)cc1. The van der Waals surface area contributed by atoms with Crippen molar-refractivity contribution in [1.29, 1.82) is 0 Å². The lowest BCUT2D eigenvalue weighted by molar-refractivity contribution is 0.340. The third kappa shape index (κ3) is 3.95. The lowest BCUT2D eigenvalue weighted by Crippen LogP contribution is -1.92. The van der Waals surface area contributed by atoms with Gasteiger partial charge in [-0.2, -0.15) is 5.10 Å². The van der Waals surface area contributed by atoms with Crippen LogP contribution in [-0.4, -0.2) is 21.2 Å². The van der Waals surface area contributed by atoms with Gasteiger partial charge in [0.25, 0.3) is 0 Å². The summed E-state index contributed by atoms with van der Waals surface area (Å²) in [6, 6.07) is 16.5. The molecule has 0 radical (unpaired) electrons. The molecule has 27 heavy (non-hydrogen) atoms. The van der Waals surface area contributed by atoms with Gasteiger partial charge in [-0.05, 0) is 55.0 Å². The number of rotatable bonds is 6. The van der Waals surface area contributed by atoms with E-state index in [1.165, 1.54) is 12.1 Å². The fraction of sp³-hybridized carbons (Fsp3) is 0.143. The summed E-state index contributed by atoms with van der Waals surface area (Å²) >= 11 is 1.61. The number of nitrogens with zero attached hydrogens (tertiary/aromatic N) is 3. The molecule has 136 valence electrons. The zero-order valence-corrected chi connectivity index (χ0v) is 15.6. The second kappa shape index (κ2) is 7.80. The topological polar surface area (TPSA) is 39.4 Å². The second-order valence-electron chi connectivity index (χ2n) is 5.96. The first-order valence-corrected chi connectivity index (χ1v) is 9.66. The van der Waals surface area contributed by atoms with Gasteiger partial charge in [0.2, 0.25) is 0 Å². The minimum absolute atomic E-state index is 0.222. The van der Waals surface area contributed by atoms with Gasteiger partial charge < -0.3 is 4.74 Å². The highest BCUT2D eigenvalue weighted by Crippen LogP contribution is 2.28. The van der Waals surface area contributed by atoms with E-state index in [9.17, 15) is 4.39 Å². The lowest BCUT2D eigenvalue weighted by atomic mass is 10.1. The van der Waals surface area contributed by atoms with E-state index in [0.29, 0.717) is 6.61 Å². The smallest absolute Gasteiger partial charge is 0.123 e. The molecule has 0 aliphatic rings. The average Bonchev–Trinajstić information content (AvgIpc) is 3.13. The van der Waals surface area contributed by atoms with Crippen molar-refractivity contribution in [3.8, 4) is 17.0 Å². The van der Waals surface area contributed by atoms with Gasteiger partial charge in [0, 0.05) is 23.7 Å². The molecule has 4 aromatic rings. The van der Waals surface area contributed by atoms with Crippen LogP contribution in [0.2, 0.25) is 0 Å². The number of ether oxygens (including phenoxy) is 1. The predicted molar refractivity (Wildman–Crippen MR) is 106 cm³/mol. The Morgan fingerprint density at radius 2 is 1.85 bits per heavy atom. The van der Waals surface area contributed by atoms with E-state index in [4.69, 9.17) is 4.74 Å². The maximum absolute atomic E-state index is 13.1. The molecular weight excluding hydrogens is 361 g/mol. The Bertz CT molecular complexity index is 1050. The molecule has 2 aromatic heterocycles. The van der Waals surface area contributed by atoms with E-state index in [0.717, 1.165) is 38.9 Å². The van der Waals surface area contributed by atoms with Crippen molar-refractivity contribution >= 4 is 17.3 Å². The van der Waals surface area contributed by atoms with Gasteiger partial charge in [0.1, 0.15) is 16.6 Å². The second-order valence-corrected chi connectivity index (χ2v) is 6.93. The van der Waals surface area contributed by atoms with Crippen LogP contribution in [0.4, 0.5) is 4.39 Å². The summed E-state index contributed by atoms with van der Waals surface area (Å²) in [5.41, 5.74) is 3.91. The van der Waals surface area contributed by atoms with Gasteiger partial charge in [-0.1, -0.05) is 23.9 Å². The molecule has 2 aromatic carbocycles. The summed E-state index contributed by atoms with van der Waals surface area (Å²) < 4.78 is 20.4. The van der Waals surface area contributed by atoms with Gasteiger partial charge in [-0.3, -0.25) is 0 Å². The highest BCUT2D eigenvalue weighted by Gasteiger charge is 2.10. The fourth-order valence-corrected chi connectivity index (χ4v) is 3.70. The quantitative estimate of drug-likeness (QED) is 0.430. The summed E-state index contributed by atoms with van der Waals surface area (Å²) in [6.45, 7) is 2.61. The zero-order chi connectivity index (χ0) is 18.6. The molecule has 0 aliphatic heterocycles. The summed E-state index contributed by atoms with van der Waals surface area (Å²) in [7, 11) is 0. The number of hydrogen-bond donors (Lipinski definition) is 0. The summed E-state index contributed by atoms with van der Waals surface area (Å²) in [5.74, 6) is 1.35. The molecule has 0 spiro atoms. The van der Waals surface area contributed by atoms with Gasteiger partial charge in [-0.25, -0.2) is 13.9 Å². The summed E-state index contributed by atoms with van der Waals surface area (Å²) in [6.07, 6.45) is 3.59. The van der Waals surface area contributed by atoms with Gasteiger partial charge in [-0.15, -0.1) is 0 Å². The molecular formula is C21H18FN3OS. The van der Waals surface area contributed by atoms with Crippen molar-refractivity contribution in [1.82, 2.24) is 14.6 Å². The molecule has 0 fully saturated rings. The van der Waals surface area contributed by atoms with Crippen LogP contribution in [0, 0.1) is 5.82 Å². The van der Waals surface area contributed by atoms with E-state index in [2.05, 4.69) is 10.1 Å². The average molecular weight is 379 g/mol. The Morgan fingerprint density at radius 1 is 1.07 bits per heavy atom. The molecule has 0 atom stereocenters. The van der Waals surface area contributed by atoms with Crippen molar-refractivity contribution < 1.29 is 9.13 Å². The number of fused-ring (bicyclic) bond motifs is 1. The Morgan fingerprint density at radius 3 is 2.59 bits per heavy atom. The van der Waals surface area contributed by atoms with Crippen molar-refractivity contribution in [2.24, 2.45) is 0 Å². The first-order valence-electron chi connectivity index (χ1n) is 8.68. The van der Waals surface area contributed by atoms with Gasteiger partial charge in [0.05, 0.1) is 17.8 Å². The summed E-state index contributed by atoms with van der Waals surface area (Å²) in [5, 5.41) is 5.55. The molecule has 6 heteroatoms. The Labute approximate surface area is 161 Å². The monoisotopic (exact) mass is 379 g/mol. The van der Waals surface area contributed by atoms with Crippen LogP contribution in [0.15, 0.2) is 72.0 Å². The van der Waals surface area contributed by atoms with Crippen LogP contribution in [0.5, 0.6) is 5.75 Å². The molecule has 0 saturated heterocycles. The Kier molecular flexibility index (Phi) is 5.07. The van der Waals surface area contributed by atoms with E-state index in [1.807, 2.05) is 48.0 Å². The maximum atomic E-state index is 13.1. The first kappa shape index (κ1) is 17.5. The molecule has 0 saturated carbocycles. The van der Waals surface area contributed by atoms with Crippen molar-refractivity contribution in [2.45, 2.75) is 17.7 Å². The lowest BCUT2D eigenvalue weighted by Gasteiger charge is -2.03. The molecule has 0 unspecified atom stereocenters. The first-order chi connectivity index (χ1) is 13.2. The van der Waals surface area contributed by atoms with Crippen LogP contribution in [-0.2, 0) is 5.75 Å². The number of aromatic nitrogens is 3. The van der Waals surface area contributed by atoms with Crippen LogP contribution in [0.1, 0.15) is 12.5 Å². The highest BCUT2D eigenvalue weighted by atomic mass is 32.2. The number of benzene rings is 2. The fourth-order valence-electron chi connectivity index (χ4n) is 2.77. The highest BCUT2D eigenvalue weighted by molar-refractivity contribution is 7.98. The molecule has 0 N–H and O–H groups in total. The molecule has 2 heterocycles. The van der Waals surface area contributed by atoms with E-state index in [1.54, 1.807) is 30.1 Å². The van der Waals surface area contributed by atoms with Crippen molar-refractivity contribution in [3.63, 3.8) is 0 Å². The van der Waals surface area contributed by atoms with Crippen LogP contribution < -0.4 is 4.74 Å². The third-order valence-electron chi connectivity index (χ3n) is 4.10. The summed E-state index contributed by atoms with van der Waals surface area (Å²) in [4.78, 5) is 4.49. The van der Waals surface area contributed by atoms with Crippen molar-refractivity contribution in [3.05, 3.63) is 78.4 Å². The van der Waals surface area contributed by atoms with Crippen LogP contribution >= 0.6 is 11.8 Å². The third-order valence-corrected chi connectivity index (χ3v) is 5.17. The Hall–Kier alpha value is -2.86. The minimum Gasteiger partial charge on any atom is -0.494 e. The predicted octanol–water partition coefficient (Wildman–Crippen LogP) is 5.23. The van der Waals surface area contributed by atoms with E-state index in [-0.39, 0.29) is 5.82 Å². The normalized spacial score (nSPS) is 11.0. The maximum Gasteiger partial charge on any atom is 0.123 e. The number of thioether (sulfide) groups is 1. The molecule has 4 nitrogen and oxygen atoms in total. The standard InChI is InChI=1S/C21H18FN3OS/c1-2-26-18-9-5-16(6-10-18)19-13-20-21(23-11-12-25(20)24-19)27-14-15-3-7-17(22)8-4-15/h3-13H,2,14H2,1H3.